The van der Waals surface area contributed by atoms with Gasteiger partial charge in [-0.05, 0) is 49.9 Å². The maximum atomic E-state index is 10.7. The monoisotopic (exact) mass is 232 g/mol. The van der Waals surface area contributed by atoms with Gasteiger partial charge in [0.1, 0.15) is 0 Å². The number of nitrogens with one attached hydrogen (secondary N) is 1. The minimum atomic E-state index is -0.907. The van der Waals surface area contributed by atoms with E-state index >= 15 is 0 Å². The molecular weight excluding hydrogens is 216 g/mol. The van der Waals surface area contributed by atoms with Gasteiger partial charge in [0.15, 0.2) is 0 Å². The smallest absolute Gasteiger partial charge is 0.335 e. The zero-order valence-electron chi connectivity index (χ0n) is 9.65. The predicted octanol–water partition coefficient (Wildman–Crippen LogP) is 3.12. The quantitative estimate of drug-likeness (QED) is 0.787. The lowest BCUT2D eigenvalue weighted by Crippen LogP contribution is -2.07. The van der Waals surface area contributed by atoms with Crippen molar-refractivity contribution in [2.24, 2.45) is 5.10 Å². The summed E-state index contributed by atoms with van der Waals surface area (Å²) in [5, 5.41) is 13.1. The summed E-state index contributed by atoms with van der Waals surface area (Å²) in [6.07, 6.45) is 5.88. The highest BCUT2D eigenvalue weighted by atomic mass is 16.4. The van der Waals surface area contributed by atoms with E-state index in [2.05, 4.69) is 10.5 Å². The maximum absolute atomic E-state index is 10.7. The van der Waals surface area contributed by atoms with Crippen molar-refractivity contribution in [3.8, 4) is 0 Å². The number of hydrazone groups is 1. The van der Waals surface area contributed by atoms with Crippen LogP contribution in [-0.2, 0) is 0 Å². The van der Waals surface area contributed by atoms with Crippen LogP contribution < -0.4 is 5.43 Å². The Bertz CT molecular complexity index is 416. The number of benzene rings is 1. The van der Waals surface area contributed by atoms with Crippen molar-refractivity contribution in [3.05, 3.63) is 29.8 Å². The van der Waals surface area contributed by atoms with Gasteiger partial charge < -0.3 is 5.11 Å². The van der Waals surface area contributed by atoms with Crippen LogP contribution >= 0.6 is 0 Å². The third-order valence-corrected chi connectivity index (χ3v) is 2.91. The molecule has 4 heteroatoms. The van der Waals surface area contributed by atoms with E-state index in [1.165, 1.54) is 25.0 Å². The van der Waals surface area contributed by atoms with Gasteiger partial charge in [-0.2, -0.15) is 5.10 Å². The summed E-state index contributed by atoms with van der Waals surface area (Å²) in [6.45, 7) is 0. The lowest BCUT2D eigenvalue weighted by molar-refractivity contribution is 0.0697. The molecular formula is C13H16N2O2. The fourth-order valence-electron chi connectivity index (χ4n) is 1.90. The molecule has 0 atom stereocenters. The third-order valence-electron chi connectivity index (χ3n) is 2.91. The van der Waals surface area contributed by atoms with E-state index in [1.807, 2.05) is 0 Å². The second-order valence-electron chi connectivity index (χ2n) is 4.23. The van der Waals surface area contributed by atoms with Gasteiger partial charge in [-0.25, -0.2) is 4.79 Å². The van der Waals surface area contributed by atoms with Crippen LogP contribution in [0.1, 0.15) is 42.5 Å². The van der Waals surface area contributed by atoms with Crippen molar-refractivity contribution >= 4 is 17.4 Å². The Kier molecular flexibility index (Phi) is 3.75. The van der Waals surface area contributed by atoms with Crippen LogP contribution in [0.5, 0.6) is 0 Å². The van der Waals surface area contributed by atoms with E-state index < -0.39 is 5.97 Å². The topological polar surface area (TPSA) is 61.7 Å². The summed E-state index contributed by atoms with van der Waals surface area (Å²) in [4.78, 5) is 10.7. The fourth-order valence-corrected chi connectivity index (χ4v) is 1.90. The molecule has 0 spiro atoms. The lowest BCUT2D eigenvalue weighted by Gasteiger charge is -2.12. The average Bonchev–Trinajstić information content (AvgIpc) is 2.38. The molecule has 2 rings (SSSR count). The molecule has 90 valence electrons. The van der Waals surface area contributed by atoms with E-state index in [0.29, 0.717) is 5.56 Å². The standard InChI is InChI=1S/C13H16N2O2/c16-13(17)10-6-8-12(9-7-10)15-14-11-4-2-1-3-5-11/h6-9,15H,1-5H2,(H,16,17). The Labute approximate surface area is 100 Å². The molecule has 2 N–H and O–H groups in total. The van der Waals surface area contributed by atoms with Crippen molar-refractivity contribution in [2.45, 2.75) is 32.1 Å². The summed E-state index contributed by atoms with van der Waals surface area (Å²) >= 11 is 0. The first-order valence-corrected chi connectivity index (χ1v) is 5.90. The van der Waals surface area contributed by atoms with Crippen molar-refractivity contribution in [1.29, 1.82) is 0 Å². The van der Waals surface area contributed by atoms with Crippen LogP contribution in [0.3, 0.4) is 0 Å². The molecule has 0 saturated heterocycles. The largest absolute Gasteiger partial charge is 0.478 e. The molecule has 1 saturated carbocycles. The van der Waals surface area contributed by atoms with Crippen LogP contribution in [0.25, 0.3) is 0 Å². The fraction of sp³-hybridized carbons (Fsp3) is 0.385. The first-order valence-electron chi connectivity index (χ1n) is 5.90. The van der Waals surface area contributed by atoms with Crippen molar-refractivity contribution in [1.82, 2.24) is 0 Å². The molecule has 1 aromatic carbocycles. The van der Waals surface area contributed by atoms with Crippen LogP contribution in [0.15, 0.2) is 29.4 Å². The van der Waals surface area contributed by atoms with Gasteiger partial charge in [-0.15, -0.1) is 0 Å². The highest BCUT2D eigenvalue weighted by Crippen LogP contribution is 2.16. The molecule has 1 aromatic rings. The Morgan fingerprint density at radius 3 is 2.35 bits per heavy atom. The predicted molar refractivity (Wildman–Crippen MR) is 67.5 cm³/mol. The third kappa shape index (κ3) is 3.31. The normalized spacial score (nSPS) is 15.4. The van der Waals surface area contributed by atoms with Crippen LogP contribution in [0.4, 0.5) is 5.69 Å². The van der Waals surface area contributed by atoms with Crippen molar-refractivity contribution in [2.75, 3.05) is 5.43 Å². The van der Waals surface area contributed by atoms with Gasteiger partial charge in [0, 0.05) is 5.71 Å². The number of carboxylic acid groups (broad SMARTS) is 1. The van der Waals surface area contributed by atoms with Gasteiger partial charge >= 0.3 is 5.97 Å². The highest BCUT2D eigenvalue weighted by molar-refractivity contribution is 5.88. The summed E-state index contributed by atoms with van der Waals surface area (Å²) in [6, 6.07) is 6.62. The van der Waals surface area contributed by atoms with E-state index in [4.69, 9.17) is 5.11 Å². The van der Waals surface area contributed by atoms with Crippen LogP contribution in [-0.4, -0.2) is 16.8 Å². The zero-order chi connectivity index (χ0) is 12.1. The molecule has 4 nitrogen and oxygen atoms in total. The lowest BCUT2D eigenvalue weighted by atomic mass is 9.99. The molecule has 0 bridgehead atoms. The molecule has 1 aliphatic rings. The Hall–Kier alpha value is -1.84. The van der Waals surface area contributed by atoms with E-state index in [0.717, 1.165) is 18.5 Å². The van der Waals surface area contributed by atoms with Gasteiger partial charge in [0.05, 0.1) is 11.3 Å². The molecule has 17 heavy (non-hydrogen) atoms. The van der Waals surface area contributed by atoms with Crippen LogP contribution in [0.2, 0.25) is 0 Å². The molecule has 0 aromatic heterocycles. The number of aromatic carboxylic acids is 1. The van der Waals surface area contributed by atoms with E-state index in [9.17, 15) is 4.79 Å². The second kappa shape index (κ2) is 5.48. The Balaban J connectivity index is 1.96. The molecule has 0 heterocycles. The summed E-state index contributed by atoms with van der Waals surface area (Å²) in [5.74, 6) is -0.907. The summed E-state index contributed by atoms with van der Waals surface area (Å²) < 4.78 is 0. The molecule has 0 aliphatic heterocycles. The van der Waals surface area contributed by atoms with Gasteiger partial charge in [0.25, 0.3) is 0 Å². The molecule has 1 aliphatic carbocycles. The number of anilines is 1. The van der Waals surface area contributed by atoms with E-state index in [-0.39, 0.29) is 0 Å². The molecule has 0 radical (unpaired) electrons. The van der Waals surface area contributed by atoms with E-state index in [1.54, 1.807) is 24.3 Å². The summed E-state index contributed by atoms with van der Waals surface area (Å²) in [5.41, 5.74) is 5.30. The first kappa shape index (κ1) is 11.6. The Morgan fingerprint density at radius 1 is 1.12 bits per heavy atom. The first-order chi connectivity index (χ1) is 8.25. The minimum absolute atomic E-state index is 0.292. The Morgan fingerprint density at radius 2 is 1.76 bits per heavy atom. The van der Waals surface area contributed by atoms with Gasteiger partial charge in [-0.1, -0.05) is 6.42 Å². The molecule has 1 fully saturated rings. The summed E-state index contributed by atoms with van der Waals surface area (Å²) in [7, 11) is 0. The van der Waals surface area contributed by atoms with Gasteiger partial charge in [-0.3, -0.25) is 5.43 Å². The minimum Gasteiger partial charge on any atom is -0.478 e. The van der Waals surface area contributed by atoms with Gasteiger partial charge in [0.2, 0.25) is 0 Å². The molecule has 0 unspecified atom stereocenters. The number of carbonyl (C=O) groups is 1. The molecule has 0 amide bonds. The average molecular weight is 232 g/mol. The maximum Gasteiger partial charge on any atom is 0.335 e. The number of hydrogen-bond donors (Lipinski definition) is 2. The number of nitrogens with zero attached hydrogens (tertiary/aromatic N) is 1. The second-order valence-corrected chi connectivity index (χ2v) is 4.23. The SMILES string of the molecule is O=C(O)c1ccc(NN=C2CCCCC2)cc1. The number of rotatable bonds is 3. The van der Waals surface area contributed by atoms with Crippen molar-refractivity contribution in [3.63, 3.8) is 0 Å². The van der Waals surface area contributed by atoms with Crippen molar-refractivity contribution < 1.29 is 9.90 Å². The zero-order valence-corrected chi connectivity index (χ0v) is 9.65. The highest BCUT2D eigenvalue weighted by Gasteiger charge is 2.06. The number of carboxylic acids is 1. The van der Waals surface area contributed by atoms with Crippen LogP contribution in [0, 0.1) is 0 Å². The number of hydrogen-bond acceptors (Lipinski definition) is 3.